The molecule has 0 aliphatic rings. The average molecular weight is 297 g/mol. The van der Waals surface area contributed by atoms with Gasteiger partial charge in [-0.3, -0.25) is 0 Å². The summed E-state index contributed by atoms with van der Waals surface area (Å²) in [5, 5.41) is 3.41. The van der Waals surface area contributed by atoms with Crippen molar-refractivity contribution < 1.29 is 4.39 Å². The van der Waals surface area contributed by atoms with E-state index < -0.39 is 0 Å². The van der Waals surface area contributed by atoms with Gasteiger partial charge in [-0.1, -0.05) is 45.6 Å². The van der Waals surface area contributed by atoms with Crippen LogP contribution in [0.5, 0.6) is 0 Å². The third kappa shape index (κ3) is 6.76. The second-order valence-electron chi connectivity index (χ2n) is 5.41. The van der Waals surface area contributed by atoms with Crippen LogP contribution >= 0.6 is 11.8 Å². The maximum absolute atomic E-state index is 13.1. The molecule has 0 aromatic heterocycles. The smallest absolute Gasteiger partial charge is 0.124 e. The number of thioether (sulfide) groups is 1. The number of halogens is 1. The summed E-state index contributed by atoms with van der Waals surface area (Å²) in [6.45, 7) is 4.54. The van der Waals surface area contributed by atoms with Gasteiger partial charge in [-0.2, -0.15) is 0 Å². The van der Waals surface area contributed by atoms with Gasteiger partial charge in [0.05, 0.1) is 0 Å². The Hall–Kier alpha value is -0.540. The summed E-state index contributed by atoms with van der Waals surface area (Å²) in [6, 6.07) is 7.38. The molecular weight excluding hydrogens is 269 g/mol. The number of benzene rings is 1. The quantitative estimate of drug-likeness (QED) is 0.602. The fourth-order valence-corrected chi connectivity index (χ4v) is 3.47. The molecule has 2 atom stereocenters. The zero-order valence-corrected chi connectivity index (χ0v) is 13.8. The lowest BCUT2D eigenvalue weighted by Gasteiger charge is -2.22. The van der Waals surface area contributed by atoms with E-state index in [0.717, 1.165) is 16.6 Å². The van der Waals surface area contributed by atoms with Crippen molar-refractivity contribution in [3.8, 4) is 0 Å². The van der Waals surface area contributed by atoms with Gasteiger partial charge in [-0.25, -0.2) is 4.39 Å². The van der Waals surface area contributed by atoms with E-state index in [0.29, 0.717) is 6.04 Å². The summed E-state index contributed by atoms with van der Waals surface area (Å²) in [5.41, 5.74) is 0. The van der Waals surface area contributed by atoms with Gasteiger partial charge in [0.15, 0.2) is 0 Å². The molecule has 114 valence electrons. The summed E-state index contributed by atoms with van der Waals surface area (Å²) >= 11 is 1.74. The molecule has 0 radical (unpaired) electrons. The fraction of sp³-hybridized carbons (Fsp3) is 0.647. The Kier molecular flexibility index (Phi) is 8.95. The summed E-state index contributed by atoms with van der Waals surface area (Å²) in [7, 11) is 2.03. The van der Waals surface area contributed by atoms with Crippen molar-refractivity contribution in [3.63, 3.8) is 0 Å². The molecule has 0 bridgehead atoms. The molecule has 0 aliphatic heterocycles. The maximum Gasteiger partial charge on any atom is 0.124 e. The molecule has 3 heteroatoms. The van der Waals surface area contributed by atoms with Crippen molar-refractivity contribution >= 4 is 11.8 Å². The first-order valence-electron chi connectivity index (χ1n) is 7.75. The van der Waals surface area contributed by atoms with Gasteiger partial charge >= 0.3 is 0 Å². The van der Waals surface area contributed by atoms with Crippen molar-refractivity contribution in [3.05, 3.63) is 30.1 Å². The minimum Gasteiger partial charge on any atom is -0.316 e. The fourth-order valence-electron chi connectivity index (χ4n) is 2.41. The third-order valence-electron chi connectivity index (χ3n) is 3.82. The molecule has 1 nitrogen and oxygen atoms in total. The lowest BCUT2D eigenvalue weighted by Crippen LogP contribution is -2.30. The first-order valence-corrected chi connectivity index (χ1v) is 8.73. The predicted molar refractivity (Wildman–Crippen MR) is 87.9 cm³/mol. The van der Waals surface area contributed by atoms with Crippen molar-refractivity contribution in [1.29, 1.82) is 0 Å². The monoisotopic (exact) mass is 297 g/mol. The number of hydrogen-bond donors (Lipinski definition) is 1. The van der Waals surface area contributed by atoms with Crippen molar-refractivity contribution in [2.75, 3.05) is 12.8 Å². The number of nitrogens with one attached hydrogen (secondary N) is 1. The minimum absolute atomic E-state index is 0.148. The standard InChI is InChI=1S/C17H28FNS/c1-4-6-8-14(5-2)11-16(19-3)13-20-17-10-7-9-15(18)12-17/h7,9-10,12,14,16,19H,4-6,8,11,13H2,1-3H3. The highest BCUT2D eigenvalue weighted by atomic mass is 32.2. The topological polar surface area (TPSA) is 12.0 Å². The molecule has 0 heterocycles. The average Bonchev–Trinajstić information content (AvgIpc) is 2.47. The molecule has 0 spiro atoms. The largest absolute Gasteiger partial charge is 0.316 e. The van der Waals surface area contributed by atoms with E-state index in [4.69, 9.17) is 0 Å². The highest BCUT2D eigenvalue weighted by Gasteiger charge is 2.14. The number of hydrogen-bond acceptors (Lipinski definition) is 2. The molecular formula is C17H28FNS. The van der Waals surface area contributed by atoms with E-state index in [1.807, 2.05) is 13.1 Å². The first-order chi connectivity index (χ1) is 9.69. The summed E-state index contributed by atoms with van der Waals surface area (Å²) in [4.78, 5) is 1.02. The molecule has 1 rings (SSSR count). The van der Waals surface area contributed by atoms with Crippen molar-refractivity contribution in [2.45, 2.75) is 56.9 Å². The van der Waals surface area contributed by atoms with Crippen LogP contribution in [0.25, 0.3) is 0 Å². The van der Waals surface area contributed by atoms with Gasteiger partial charge in [0.1, 0.15) is 5.82 Å². The molecule has 1 aromatic rings. The molecule has 0 aliphatic carbocycles. The molecule has 0 saturated carbocycles. The molecule has 0 saturated heterocycles. The highest BCUT2D eigenvalue weighted by molar-refractivity contribution is 7.99. The van der Waals surface area contributed by atoms with E-state index in [-0.39, 0.29) is 5.82 Å². The van der Waals surface area contributed by atoms with Gasteiger partial charge < -0.3 is 5.32 Å². The number of rotatable bonds is 10. The second-order valence-corrected chi connectivity index (χ2v) is 6.50. The highest BCUT2D eigenvalue weighted by Crippen LogP contribution is 2.24. The van der Waals surface area contributed by atoms with E-state index in [2.05, 4.69) is 19.2 Å². The second kappa shape index (κ2) is 10.2. The SMILES string of the molecule is CCCCC(CC)CC(CSc1cccc(F)c1)NC. The van der Waals surface area contributed by atoms with Crippen LogP contribution in [0.4, 0.5) is 4.39 Å². The van der Waals surface area contributed by atoms with Gasteiger partial charge in [0, 0.05) is 16.7 Å². The zero-order valence-electron chi connectivity index (χ0n) is 13.0. The van der Waals surface area contributed by atoms with E-state index in [1.54, 1.807) is 23.9 Å². The Morgan fingerprint density at radius 1 is 1.30 bits per heavy atom. The normalized spacial score (nSPS) is 14.2. The maximum atomic E-state index is 13.1. The van der Waals surface area contributed by atoms with Crippen LogP contribution in [-0.2, 0) is 0 Å². The van der Waals surface area contributed by atoms with Crippen LogP contribution in [-0.4, -0.2) is 18.8 Å². The molecule has 20 heavy (non-hydrogen) atoms. The van der Waals surface area contributed by atoms with Crippen LogP contribution in [0.3, 0.4) is 0 Å². The van der Waals surface area contributed by atoms with Gasteiger partial charge in [0.25, 0.3) is 0 Å². The van der Waals surface area contributed by atoms with Crippen LogP contribution in [0.2, 0.25) is 0 Å². The zero-order chi connectivity index (χ0) is 14.8. The Labute approximate surface area is 127 Å². The number of unbranched alkanes of at least 4 members (excludes halogenated alkanes) is 1. The molecule has 2 unspecified atom stereocenters. The molecule has 0 fully saturated rings. The Morgan fingerprint density at radius 3 is 2.70 bits per heavy atom. The van der Waals surface area contributed by atoms with E-state index >= 15 is 0 Å². The van der Waals surface area contributed by atoms with Crippen molar-refractivity contribution in [2.24, 2.45) is 5.92 Å². The Morgan fingerprint density at radius 2 is 2.10 bits per heavy atom. The van der Waals surface area contributed by atoms with Crippen LogP contribution in [0.1, 0.15) is 46.0 Å². The molecule has 1 N–H and O–H groups in total. The first kappa shape index (κ1) is 17.5. The minimum atomic E-state index is -0.148. The lowest BCUT2D eigenvalue weighted by atomic mass is 9.93. The van der Waals surface area contributed by atoms with E-state index in [1.165, 1.54) is 38.2 Å². The van der Waals surface area contributed by atoms with Crippen molar-refractivity contribution in [1.82, 2.24) is 5.32 Å². The van der Waals surface area contributed by atoms with E-state index in [9.17, 15) is 4.39 Å². The Bertz CT molecular complexity index is 370. The summed E-state index contributed by atoms with van der Waals surface area (Å²) in [6.07, 6.45) is 6.40. The van der Waals surface area contributed by atoms with Crippen LogP contribution in [0, 0.1) is 11.7 Å². The predicted octanol–water partition coefficient (Wildman–Crippen LogP) is 5.11. The summed E-state index contributed by atoms with van der Waals surface area (Å²) < 4.78 is 13.1. The summed E-state index contributed by atoms with van der Waals surface area (Å²) in [5.74, 6) is 1.66. The lowest BCUT2D eigenvalue weighted by molar-refractivity contribution is 0.375. The molecule has 0 amide bonds. The van der Waals surface area contributed by atoms with Crippen LogP contribution < -0.4 is 5.32 Å². The van der Waals surface area contributed by atoms with Crippen LogP contribution in [0.15, 0.2) is 29.2 Å². The van der Waals surface area contributed by atoms with Gasteiger partial charge in [-0.15, -0.1) is 11.8 Å². The Balaban J connectivity index is 2.41. The van der Waals surface area contributed by atoms with Gasteiger partial charge in [0.2, 0.25) is 0 Å². The van der Waals surface area contributed by atoms with Gasteiger partial charge in [-0.05, 0) is 37.6 Å². The molecule has 1 aromatic carbocycles. The third-order valence-corrected chi connectivity index (χ3v) is 4.97.